The summed E-state index contributed by atoms with van der Waals surface area (Å²) in [4.78, 5) is 19.1. The number of nitrogens with zero attached hydrogens (tertiary/aromatic N) is 8. The number of hydrogen-bond donors (Lipinski definition) is 0. The van der Waals surface area contributed by atoms with E-state index in [-0.39, 0.29) is 80.4 Å². The molecule has 700 valence electrons. The molecular weight excluding hydrogens is 2370 g/mol. The van der Waals surface area contributed by atoms with Crippen LogP contribution >= 0.6 is 0 Å². The molecule has 12 heteroatoms. The molecule has 0 unspecified atom stereocenters. The van der Waals surface area contributed by atoms with Gasteiger partial charge in [-0.15, -0.1) is 144 Å². The maximum Gasteiger partial charge on any atom is 0.0602 e. The van der Waals surface area contributed by atoms with E-state index in [0.29, 0.717) is 47.3 Å². The van der Waals surface area contributed by atoms with Gasteiger partial charge in [-0.3, -0.25) is 19.9 Å². The fraction of sp³-hybridized carbons (Fsp3) is 0.226. The Balaban J connectivity index is 0.000000173. The fourth-order valence-corrected chi connectivity index (χ4v) is 18.6. The molecule has 0 aliphatic carbocycles. The van der Waals surface area contributed by atoms with Crippen LogP contribution < -0.4 is 0 Å². The Morgan fingerprint density at radius 2 is 0.485 bits per heavy atom. The van der Waals surface area contributed by atoms with Gasteiger partial charge >= 0.3 is 0 Å². The second-order valence-corrected chi connectivity index (χ2v) is 37.3. The summed E-state index contributed by atoms with van der Waals surface area (Å²) in [7, 11) is 0. The number of benzene rings is 14. The Labute approximate surface area is 863 Å². The topological polar surface area (TPSA) is 71.3 Å². The van der Waals surface area contributed by atoms with Gasteiger partial charge in [-0.25, -0.2) is 0 Å². The number of imidazole rings is 4. The fourth-order valence-electron chi connectivity index (χ4n) is 18.6. The van der Waals surface area contributed by atoms with E-state index in [2.05, 4.69) is 433 Å². The molecule has 0 spiro atoms. The van der Waals surface area contributed by atoms with Crippen molar-refractivity contribution in [2.45, 2.75) is 160 Å². The Bertz CT molecular complexity index is 6580. The van der Waals surface area contributed by atoms with Crippen LogP contribution in [0.15, 0.2) is 365 Å². The van der Waals surface area contributed by atoms with Gasteiger partial charge in [0.2, 0.25) is 0 Å². The zero-order chi connectivity index (χ0) is 92.3. The summed E-state index contributed by atoms with van der Waals surface area (Å²) in [6.45, 7) is 36.7. The third kappa shape index (κ3) is 24.7. The van der Waals surface area contributed by atoms with Gasteiger partial charge in [0.05, 0.1) is 23.3 Å². The van der Waals surface area contributed by atoms with Crippen molar-refractivity contribution in [1.29, 1.82) is 0 Å². The average Bonchev–Trinajstić information content (AvgIpc) is 1.35. The summed E-state index contributed by atoms with van der Waals surface area (Å²) in [5.74, 6) is 7.26. The van der Waals surface area contributed by atoms with Gasteiger partial charge < -0.3 is 18.3 Å². The number of hydrogen-bond acceptors (Lipinski definition) is 4. The molecule has 0 aliphatic rings. The van der Waals surface area contributed by atoms with E-state index in [4.69, 9.17) is 19.9 Å². The molecule has 0 aliphatic heterocycles. The molecular formula is C124H124Ir4N8-4. The molecule has 4 heterocycles. The van der Waals surface area contributed by atoms with Crippen LogP contribution in [-0.2, 0) is 106 Å². The third-order valence-electron chi connectivity index (χ3n) is 24.2. The Morgan fingerprint density at radius 1 is 0.228 bits per heavy atom. The number of rotatable bonds is 26. The van der Waals surface area contributed by atoms with Crippen LogP contribution in [0.3, 0.4) is 0 Å². The summed E-state index contributed by atoms with van der Waals surface area (Å²) in [5, 5.41) is 0. The smallest absolute Gasteiger partial charge is 0.0602 e. The van der Waals surface area contributed by atoms with Gasteiger partial charge in [0.25, 0.3) is 0 Å². The predicted molar refractivity (Wildman–Crippen MR) is 554 cm³/mol. The molecule has 4 aromatic heterocycles. The molecule has 18 aromatic rings. The molecule has 0 N–H and O–H groups in total. The molecule has 0 fully saturated rings. The summed E-state index contributed by atoms with van der Waals surface area (Å²) in [6.07, 6.45) is 20.1. The third-order valence-corrected chi connectivity index (χ3v) is 24.2. The second kappa shape index (κ2) is 50.0. The summed E-state index contributed by atoms with van der Waals surface area (Å²) in [6, 6.07) is 125. The average molecular weight is 2500 g/mol. The Hall–Kier alpha value is -11.5. The van der Waals surface area contributed by atoms with E-state index >= 15 is 0 Å². The van der Waals surface area contributed by atoms with Crippen LogP contribution in [0.4, 0.5) is 0 Å². The molecule has 8 nitrogen and oxygen atoms in total. The van der Waals surface area contributed by atoms with Crippen molar-refractivity contribution in [1.82, 2.24) is 38.2 Å². The van der Waals surface area contributed by atoms with Crippen LogP contribution in [-0.4, -0.2) is 38.2 Å². The minimum atomic E-state index is 0. The standard InChI is InChI=1S/C35H35N2.C33H31N2.C29H31N2.C27H27N2.4Ir/c1-25(2)22-32-30(27-14-8-5-9-15-27)24-31(28-16-10-6-11-17-28)33(23-26(3)4)34(32)37-21-20-36-35(37)29-18-12-7-13-19-29;1-23(2)30-28(25-14-8-5-9-15-25)22-29(26-16-10-6-11-17-26)31(24(3)4)32(30)35-21-20-34-33(35)27-18-12-7-13-19-27;1-21(2)19-25-15-16-26(23-11-7-5-8-12-23)27(20-22(3)4)28(25)31-18-17-30-29(31)24-13-9-6-10-14-24;1-19(2)23-15-16-24(21-11-7-5-8-12-21)25(20(3)4)26(23)29-18-17-28-27(29)22-13-9-6-10-14-22;;;;/h5-18,20-21,24-26H,22-23H2,1-4H3;5-18,20-24H,1-4H3;5-13,15-18,21-22H,19-20H2,1-4H3;5-13,15-20H,1-4H3;;;;/q4*-1;;;;. The maximum atomic E-state index is 4.84. The minimum absolute atomic E-state index is 0. The van der Waals surface area contributed by atoms with Gasteiger partial charge in [0.1, 0.15) is 0 Å². The van der Waals surface area contributed by atoms with E-state index in [1.165, 1.54) is 134 Å². The first kappa shape index (κ1) is 105. The van der Waals surface area contributed by atoms with Gasteiger partial charge in [-0.1, -0.05) is 317 Å². The van der Waals surface area contributed by atoms with Crippen molar-refractivity contribution < 1.29 is 80.4 Å². The molecule has 0 saturated heterocycles. The second-order valence-electron chi connectivity index (χ2n) is 37.3. The van der Waals surface area contributed by atoms with Gasteiger partial charge in [-0.2, -0.15) is 0 Å². The Kier molecular flexibility index (Phi) is 38.6. The maximum absolute atomic E-state index is 4.84. The van der Waals surface area contributed by atoms with Crippen molar-refractivity contribution in [3.63, 3.8) is 0 Å². The van der Waals surface area contributed by atoms with Gasteiger partial charge in [0.15, 0.2) is 0 Å². The van der Waals surface area contributed by atoms with Crippen LogP contribution in [0.25, 0.3) is 135 Å². The van der Waals surface area contributed by atoms with Crippen molar-refractivity contribution >= 4 is 0 Å². The molecule has 18 rings (SSSR count). The molecule has 4 radical (unpaired) electrons. The molecule has 136 heavy (non-hydrogen) atoms. The summed E-state index contributed by atoms with van der Waals surface area (Å²) >= 11 is 0. The quantitative estimate of drug-likeness (QED) is 0.0507. The summed E-state index contributed by atoms with van der Waals surface area (Å²) in [5.41, 5.74) is 35.2. The monoisotopic (exact) mass is 2500 g/mol. The number of aromatic nitrogens is 8. The van der Waals surface area contributed by atoms with Crippen LogP contribution in [0.2, 0.25) is 0 Å². The first-order chi connectivity index (χ1) is 64.2. The normalized spacial score (nSPS) is 11.1. The van der Waals surface area contributed by atoms with Crippen LogP contribution in [0.5, 0.6) is 0 Å². The SMILES string of the molecule is CC(C)Cc1c(-c2ccccc2)cc(-c2ccccc2)c(CC(C)C)c1-n1ccnc1-c1[c-]cccc1.CC(C)Cc1ccc(-c2ccccc2)c(CC(C)C)c1-n1ccnc1-c1[c-]cccc1.CC(C)c1c(-c2ccccc2)cc(-c2ccccc2)c(C(C)C)c1-n1ccnc1-c1[c-]cccc1.CC(C)c1ccc(-c2ccccc2)c(C(C)C)c1-n1ccnc1-c1[c-]cccc1.[Ir].[Ir].[Ir].[Ir]. The van der Waals surface area contributed by atoms with Crippen LogP contribution in [0, 0.1) is 47.9 Å². The zero-order valence-corrected chi connectivity index (χ0v) is 90.6. The van der Waals surface area contributed by atoms with Crippen molar-refractivity contribution in [3.05, 3.63) is 434 Å². The van der Waals surface area contributed by atoms with E-state index < -0.39 is 0 Å². The first-order valence-corrected chi connectivity index (χ1v) is 47.3. The summed E-state index contributed by atoms with van der Waals surface area (Å²) < 4.78 is 9.14. The van der Waals surface area contributed by atoms with E-state index in [1.54, 1.807) is 0 Å². The minimum Gasteiger partial charge on any atom is -0.340 e. The van der Waals surface area contributed by atoms with Crippen molar-refractivity contribution in [2.24, 2.45) is 23.7 Å². The van der Waals surface area contributed by atoms with Crippen molar-refractivity contribution in [3.8, 4) is 135 Å². The van der Waals surface area contributed by atoms with Gasteiger partial charge in [0, 0.05) is 153 Å². The van der Waals surface area contributed by atoms with Crippen LogP contribution in [0.1, 0.15) is 179 Å². The van der Waals surface area contributed by atoms with Crippen molar-refractivity contribution in [2.75, 3.05) is 0 Å². The van der Waals surface area contributed by atoms with E-state index in [9.17, 15) is 0 Å². The molecule has 0 bridgehead atoms. The van der Waals surface area contributed by atoms with E-state index in [0.717, 1.165) is 71.2 Å². The molecule has 0 atom stereocenters. The van der Waals surface area contributed by atoms with E-state index in [1.807, 2.05) is 85.5 Å². The molecule has 14 aromatic carbocycles. The van der Waals surface area contributed by atoms with Gasteiger partial charge in [-0.05, 0) is 196 Å². The first-order valence-electron chi connectivity index (χ1n) is 47.3. The zero-order valence-electron chi connectivity index (χ0n) is 81.0. The largest absolute Gasteiger partial charge is 0.340 e. The molecule has 0 saturated carbocycles. The predicted octanol–water partition coefficient (Wildman–Crippen LogP) is 32.6. The Morgan fingerprint density at radius 3 is 0.787 bits per heavy atom. The molecule has 0 amide bonds.